The quantitative estimate of drug-likeness (QED) is 0.138. The molecule has 0 bridgehead atoms. The average Bonchev–Trinajstić information content (AvgIpc) is 2.81. The lowest BCUT2D eigenvalue weighted by molar-refractivity contribution is -0.120. The molecule has 0 atom stereocenters. The molecule has 0 saturated carbocycles. The van der Waals surface area contributed by atoms with Crippen molar-refractivity contribution in [1.82, 2.24) is 16.0 Å². The molecular weight excluding hydrogens is 566 g/mol. The van der Waals surface area contributed by atoms with Gasteiger partial charge in [-0.15, -0.1) is 0 Å². The minimum absolute atomic E-state index is 0.0107. The van der Waals surface area contributed by atoms with Crippen LogP contribution >= 0.6 is 0 Å². The summed E-state index contributed by atoms with van der Waals surface area (Å²) in [6.45, 7) is 9.98. The molecule has 3 amide bonds. The van der Waals surface area contributed by atoms with Crippen LogP contribution in [0.25, 0.3) is 0 Å². The van der Waals surface area contributed by atoms with Gasteiger partial charge in [-0.05, 0) is 70.0 Å². The average molecular weight is 606 g/mol. The molecule has 2 aromatic carbocycles. The highest BCUT2D eigenvalue weighted by atomic mass is 32.2. The molecule has 42 heavy (non-hydrogen) atoms. The Morgan fingerprint density at radius 3 is 1.95 bits per heavy atom. The molecule has 0 heterocycles. The highest BCUT2D eigenvalue weighted by Gasteiger charge is 2.21. The van der Waals surface area contributed by atoms with E-state index >= 15 is 0 Å². The van der Waals surface area contributed by atoms with Crippen molar-refractivity contribution in [2.45, 2.75) is 64.9 Å². The van der Waals surface area contributed by atoms with Crippen molar-refractivity contribution < 1.29 is 37.1 Å². The van der Waals surface area contributed by atoms with Crippen LogP contribution in [0.4, 0.5) is 15.3 Å². The number of anilines is 1. The standard InChI is InChI=1S/C28H39N5O8S/c1-27(2,3)40-25(35)30-24(31-26(36)41-28(4,5)6)32-39-16-15-29-23(34)18-21-13-10-14-22(17-21)33-42(37,38)19-20-11-8-7-9-12-20/h7-14,17,33H,15-16,18-19H2,1-6H3,(H,29,34)(H2,30,31,32,35,36). The minimum Gasteiger partial charge on any atom is -0.444 e. The van der Waals surface area contributed by atoms with Crippen LogP contribution in [0, 0.1) is 0 Å². The fraction of sp³-hybridized carbons (Fsp3) is 0.429. The van der Waals surface area contributed by atoms with E-state index in [9.17, 15) is 22.8 Å². The van der Waals surface area contributed by atoms with E-state index < -0.39 is 33.4 Å². The van der Waals surface area contributed by atoms with Gasteiger partial charge in [-0.3, -0.25) is 20.2 Å². The Kier molecular flexibility index (Phi) is 12.1. The Labute approximate surface area is 246 Å². The molecule has 0 aliphatic rings. The lowest BCUT2D eigenvalue weighted by Gasteiger charge is -2.21. The number of ether oxygens (including phenoxy) is 2. The monoisotopic (exact) mass is 605 g/mol. The number of sulfonamides is 1. The van der Waals surface area contributed by atoms with Gasteiger partial charge in [0.25, 0.3) is 5.96 Å². The second kappa shape index (κ2) is 15.1. The summed E-state index contributed by atoms with van der Waals surface area (Å²) in [5, 5.41) is 10.9. The number of nitrogens with one attached hydrogen (secondary N) is 4. The number of carbonyl (C=O) groups is 3. The fourth-order valence-corrected chi connectivity index (χ4v) is 4.42. The first-order valence-corrected chi connectivity index (χ1v) is 14.7. The van der Waals surface area contributed by atoms with Crippen molar-refractivity contribution in [2.24, 2.45) is 5.16 Å². The van der Waals surface area contributed by atoms with Crippen molar-refractivity contribution in [3.8, 4) is 0 Å². The van der Waals surface area contributed by atoms with E-state index in [1.165, 1.54) is 0 Å². The third kappa shape index (κ3) is 14.9. The number of guanidine groups is 1. The summed E-state index contributed by atoms with van der Waals surface area (Å²) < 4.78 is 37.9. The number of hydrogen-bond acceptors (Lipinski definition) is 9. The number of hydrogen-bond donors (Lipinski definition) is 4. The maximum absolute atomic E-state index is 12.5. The zero-order valence-corrected chi connectivity index (χ0v) is 25.5. The molecule has 0 radical (unpaired) electrons. The van der Waals surface area contributed by atoms with E-state index in [1.807, 2.05) is 6.07 Å². The summed E-state index contributed by atoms with van der Waals surface area (Å²) in [7, 11) is -3.64. The van der Waals surface area contributed by atoms with Gasteiger partial charge in [0.2, 0.25) is 15.9 Å². The highest BCUT2D eigenvalue weighted by molar-refractivity contribution is 7.91. The summed E-state index contributed by atoms with van der Waals surface area (Å²) in [5.74, 6) is -0.884. The molecule has 4 N–H and O–H groups in total. The van der Waals surface area contributed by atoms with Crippen LogP contribution in [-0.2, 0) is 41.3 Å². The van der Waals surface area contributed by atoms with Gasteiger partial charge in [0.15, 0.2) is 0 Å². The normalized spacial score (nSPS) is 11.5. The van der Waals surface area contributed by atoms with E-state index in [0.29, 0.717) is 16.8 Å². The maximum atomic E-state index is 12.5. The number of carbonyl (C=O) groups excluding carboxylic acids is 3. The van der Waals surface area contributed by atoms with Gasteiger partial charge < -0.3 is 19.6 Å². The van der Waals surface area contributed by atoms with Crippen molar-refractivity contribution in [3.05, 3.63) is 65.7 Å². The van der Waals surface area contributed by atoms with E-state index in [-0.39, 0.29) is 37.2 Å². The second-order valence-electron chi connectivity index (χ2n) is 11.1. The van der Waals surface area contributed by atoms with Crippen molar-refractivity contribution in [2.75, 3.05) is 17.9 Å². The predicted octanol–water partition coefficient (Wildman–Crippen LogP) is 3.62. The molecule has 0 unspecified atom stereocenters. The molecule has 13 nitrogen and oxygen atoms in total. The Morgan fingerprint density at radius 1 is 0.810 bits per heavy atom. The summed E-state index contributed by atoms with van der Waals surface area (Å²) >= 11 is 0. The first-order valence-electron chi connectivity index (χ1n) is 13.1. The zero-order chi connectivity index (χ0) is 31.4. The number of rotatable bonds is 10. The van der Waals surface area contributed by atoms with Crippen LogP contribution in [0.2, 0.25) is 0 Å². The Bertz CT molecular complexity index is 1320. The van der Waals surface area contributed by atoms with E-state index in [1.54, 1.807) is 90.1 Å². The van der Waals surface area contributed by atoms with Crippen LogP contribution in [-0.4, -0.2) is 56.8 Å². The van der Waals surface area contributed by atoms with Crippen LogP contribution in [0.1, 0.15) is 52.7 Å². The van der Waals surface area contributed by atoms with Crippen LogP contribution < -0.4 is 20.7 Å². The molecule has 0 fully saturated rings. The number of nitrogens with zero attached hydrogens (tertiary/aromatic N) is 1. The number of oxime groups is 1. The van der Waals surface area contributed by atoms with Gasteiger partial charge in [0.1, 0.15) is 17.8 Å². The summed E-state index contributed by atoms with van der Waals surface area (Å²) in [6.07, 6.45) is -1.76. The molecule has 0 aromatic heterocycles. The van der Waals surface area contributed by atoms with E-state index in [0.717, 1.165) is 0 Å². The van der Waals surface area contributed by atoms with Crippen LogP contribution in [0.5, 0.6) is 0 Å². The predicted molar refractivity (Wildman–Crippen MR) is 158 cm³/mol. The number of amides is 3. The van der Waals surface area contributed by atoms with Gasteiger partial charge in [-0.25, -0.2) is 18.0 Å². The fourth-order valence-electron chi connectivity index (χ4n) is 3.23. The molecule has 2 aromatic rings. The Balaban J connectivity index is 1.87. The van der Waals surface area contributed by atoms with Gasteiger partial charge >= 0.3 is 12.2 Å². The maximum Gasteiger partial charge on any atom is 0.414 e. The van der Waals surface area contributed by atoms with Gasteiger partial charge in [0.05, 0.1) is 18.7 Å². The van der Waals surface area contributed by atoms with Crippen molar-refractivity contribution in [3.63, 3.8) is 0 Å². The van der Waals surface area contributed by atoms with E-state index in [4.69, 9.17) is 14.3 Å². The van der Waals surface area contributed by atoms with Crippen molar-refractivity contribution in [1.29, 1.82) is 0 Å². The summed E-state index contributed by atoms with van der Waals surface area (Å²) in [5.41, 5.74) is 0.00450. The Morgan fingerprint density at radius 2 is 1.38 bits per heavy atom. The molecule has 2 rings (SSSR count). The first-order chi connectivity index (χ1) is 19.5. The molecule has 0 spiro atoms. The second-order valence-corrected chi connectivity index (χ2v) is 12.8. The number of benzene rings is 2. The molecule has 0 aliphatic carbocycles. The largest absolute Gasteiger partial charge is 0.444 e. The third-order valence-electron chi connectivity index (χ3n) is 4.67. The molecule has 230 valence electrons. The summed E-state index contributed by atoms with van der Waals surface area (Å²) in [4.78, 5) is 41.8. The molecule has 14 heteroatoms. The highest BCUT2D eigenvalue weighted by Crippen LogP contribution is 2.15. The lowest BCUT2D eigenvalue weighted by atomic mass is 10.1. The van der Waals surface area contributed by atoms with Gasteiger partial charge in [-0.2, -0.15) is 0 Å². The first kappa shape index (κ1) is 33.9. The van der Waals surface area contributed by atoms with Crippen molar-refractivity contribution >= 4 is 39.8 Å². The number of alkyl carbamates (subject to hydrolysis) is 2. The van der Waals surface area contributed by atoms with Gasteiger partial charge in [-0.1, -0.05) is 42.5 Å². The summed E-state index contributed by atoms with van der Waals surface area (Å²) in [6, 6.07) is 15.3. The SMILES string of the molecule is CC(C)(C)OC(=O)NC(=NOCCNC(=O)Cc1cccc(NS(=O)(=O)Cc2ccccc2)c1)NC(=O)OC(C)(C)C. The van der Waals surface area contributed by atoms with E-state index in [2.05, 4.69) is 25.8 Å². The third-order valence-corrected chi connectivity index (χ3v) is 5.93. The Hall–Kier alpha value is -4.33. The smallest absolute Gasteiger partial charge is 0.414 e. The van der Waals surface area contributed by atoms with Crippen LogP contribution in [0.3, 0.4) is 0 Å². The zero-order valence-electron chi connectivity index (χ0n) is 24.6. The molecule has 0 aliphatic heterocycles. The molecule has 0 saturated heterocycles. The minimum atomic E-state index is -3.64. The lowest BCUT2D eigenvalue weighted by Crippen LogP contribution is -2.47. The van der Waals surface area contributed by atoms with Crippen LogP contribution in [0.15, 0.2) is 59.8 Å². The topological polar surface area (TPSA) is 174 Å². The van der Waals surface area contributed by atoms with Gasteiger partial charge in [0, 0.05) is 5.69 Å². The molecular formula is C28H39N5O8S.